The van der Waals surface area contributed by atoms with E-state index in [2.05, 4.69) is 27.5 Å². The molecule has 29 heavy (non-hydrogen) atoms. The smallest absolute Gasteiger partial charge is 0.224 e. The number of amides is 1. The summed E-state index contributed by atoms with van der Waals surface area (Å²) in [5.41, 5.74) is 2.90. The molecule has 0 fully saturated rings. The minimum atomic E-state index is 0.0347. The third kappa shape index (κ3) is 7.70. The van der Waals surface area contributed by atoms with Gasteiger partial charge in [0.15, 0.2) is 5.96 Å². The lowest BCUT2D eigenvalue weighted by Crippen LogP contribution is -2.36. The van der Waals surface area contributed by atoms with E-state index in [0.29, 0.717) is 32.1 Å². The Morgan fingerprint density at radius 2 is 1.93 bits per heavy atom. The Kier molecular flexibility index (Phi) is 9.29. The average Bonchev–Trinajstić information content (AvgIpc) is 2.73. The lowest BCUT2D eigenvalue weighted by atomic mass is 10.2. The van der Waals surface area contributed by atoms with Crippen molar-refractivity contribution in [2.45, 2.75) is 32.9 Å². The number of carbonyl (C=O) groups is 1. The molecule has 0 aliphatic carbocycles. The zero-order chi connectivity index (χ0) is 20.9. The molecule has 2 rings (SSSR count). The maximum Gasteiger partial charge on any atom is 0.224 e. The predicted molar refractivity (Wildman–Crippen MR) is 119 cm³/mol. The number of aliphatic imine (C=N–C) groups is 1. The van der Waals surface area contributed by atoms with Crippen LogP contribution < -0.4 is 20.7 Å². The van der Waals surface area contributed by atoms with Crippen molar-refractivity contribution in [1.82, 2.24) is 10.6 Å². The van der Waals surface area contributed by atoms with Gasteiger partial charge in [-0.2, -0.15) is 0 Å². The molecule has 0 unspecified atom stereocenters. The molecular formula is C23H30N4O2. The summed E-state index contributed by atoms with van der Waals surface area (Å²) < 4.78 is 5.69. The number of nitrogens with zero attached hydrogens (tertiary/aromatic N) is 1. The van der Waals surface area contributed by atoms with Gasteiger partial charge in [-0.05, 0) is 30.2 Å². The maximum atomic E-state index is 11.8. The molecule has 0 saturated heterocycles. The minimum Gasteiger partial charge on any atom is -0.489 e. The number of hydrogen-bond donors (Lipinski definition) is 3. The van der Waals surface area contributed by atoms with E-state index in [4.69, 9.17) is 4.74 Å². The highest BCUT2D eigenvalue weighted by Gasteiger charge is 2.05. The number of hydrogen-bond acceptors (Lipinski definition) is 3. The highest BCUT2D eigenvalue weighted by atomic mass is 16.5. The number of para-hydroxylation sites is 1. The van der Waals surface area contributed by atoms with Gasteiger partial charge in [-0.25, -0.2) is 0 Å². The monoisotopic (exact) mass is 394 g/mol. The molecule has 2 aromatic rings. The van der Waals surface area contributed by atoms with Crippen LogP contribution in [0.2, 0.25) is 0 Å². The van der Waals surface area contributed by atoms with Gasteiger partial charge in [-0.1, -0.05) is 49.9 Å². The fourth-order valence-electron chi connectivity index (χ4n) is 2.73. The highest BCUT2D eigenvalue weighted by Crippen LogP contribution is 2.17. The molecule has 0 aliphatic heterocycles. The molecule has 0 atom stereocenters. The first-order valence-corrected chi connectivity index (χ1v) is 9.81. The standard InChI is InChI=1S/C23H30N4O2/c1-4-9-22(28)27-20-12-8-10-18(15-20)16-25-23(24-3)26-17-19-11-6-7-13-21(19)29-14-5-2/h5-8,10-13,15H,2,4,9,14,16-17H2,1,3H3,(H,27,28)(H2,24,25,26). The van der Waals surface area contributed by atoms with E-state index in [-0.39, 0.29) is 5.91 Å². The van der Waals surface area contributed by atoms with Crippen LogP contribution in [0, 0.1) is 0 Å². The number of anilines is 1. The fourth-order valence-corrected chi connectivity index (χ4v) is 2.73. The normalized spacial score (nSPS) is 10.9. The van der Waals surface area contributed by atoms with Crippen molar-refractivity contribution in [3.05, 3.63) is 72.3 Å². The Hall–Kier alpha value is -3.28. The van der Waals surface area contributed by atoms with Crippen LogP contribution in [-0.4, -0.2) is 25.5 Å². The molecule has 154 valence electrons. The summed E-state index contributed by atoms with van der Waals surface area (Å²) in [5.74, 6) is 1.54. The quantitative estimate of drug-likeness (QED) is 0.325. The number of carbonyl (C=O) groups excluding carboxylic acids is 1. The van der Waals surface area contributed by atoms with Crippen LogP contribution in [0.3, 0.4) is 0 Å². The van der Waals surface area contributed by atoms with Crippen molar-refractivity contribution < 1.29 is 9.53 Å². The Bertz CT molecular complexity index is 833. The number of rotatable bonds is 10. The zero-order valence-corrected chi connectivity index (χ0v) is 17.2. The molecule has 0 aromatic heterocycles. The summed E-state index contributed by atoms with van der Waals surface area (Å²) >= 11 is 0. The number of ether oxygens (including phenoxy) is 1. The molecule has 2 aromatic carbocycles. The van der Waals surface area contributed by atoms with E-state index in [1.807, 2.05) is 55.5 Å². The first-order chi connectivity index (χ1) is 14.2. The summed E-state index contributed by atoms with van der Waals surface area (Å²) in [4.78, 5) is 16.1. The van der Waals surface area contributed by atoms with E-state index in [0.717, 1.165) is 29.0 Å². The van der Waals surface area contributed by atoms with Gasteiger partial charge in [0.05, 0.1) is 0 Å². The second kappa shape index (κ2) is 12.2. The van der Waals surface area contributed by atoms with E-state index >= 15 is 0 Å². The van der Waals surface area contributed by atoms with Crippen LogP contribution >= 0.6 is 0 Å². The molecule has 3 N–H and O–H groups in total. The number of guanidine groups is 1. The first kappa shape index (κ1) is 22.0. The zero-order valence-electron chi connectivity index (χ0n) is 17.2. The van der Waals surface area contributed by atoms with Crippen LogP contribution in [0.5, 0.6) is 5.75 Å². The van der Waals surface area contributed by atoms with Crippen molar-refractivity contribution in [2.24, 2.45) is 4.99 Å². The lowest BCUT2D eigenvalue weighted by molar-refractivity contribution is -0.116. The van der Waals surface area contributed by atoms with Gasteiger partial charge in [0.1, 0.15) is 12.4 Å². The van der Waals surface area contributed by atoms with Gasteiger partial charge in [-0.15, -0.1) is 0 Å². The third-order valence-corrected chi connectivity index (χ3v) is 4.15. The molecule has 0 aliphatic rings. The minimum absolute atomic E-state index is 0.0347. The fraction of sp³-hybridized carbons (Fsp3) is 0.304. The molecule has 0 bridgehead atoms. The van der Waals surface area contributed by atoms with Gasteiger partial charge in [-0.3, -0.25) is 9.79 Å². The summed E-state index contributed by atoms with van der Waals surface area (Å²) in [6.45, 7) is 7.31. The van der Waals surface area contributed by atoms with Crippen LogP contribution in [0.25, 0.3) is 0 Å². The van der Waals surface area contributed by atoms with Gasteiger partial charge in [0.25, 0.3) is 0 Å². The van der Waals surface area contributed by atoms with Gasteiger partial charge < -0.3 is 20.7 Å². The maximum absolute atomic E-state index is 11.8. The third-order valence-electron chi connectivity index (χ3n) is 4.15. The average molecular weight is 395 g/mol. The Morgan fingerprint density at radius 1 is 1.14 bits per heavy atom. The van der Waals surface area contributed by atoms with Crippen molar-refractivity contribution in [2.75, 3.05) is 19.0 Å². The largest absolute Gasteiger partial charge is 0.489 e. The predicted octanol–water partition coefficient (Wildman–Crippen LogP) is 3.86. The van der Waals surface area contributed by atoms with Crippen molar-refractivity contribution >= 4 is 17.6 Å². The van der Waals surface area contributed by atoms with Gasteiger partial charge in [0.2, 0.25) is 5.91 Å². The molecule has 6 heteroatoms. The van der Waals surface area contributed by atoms with Crippen LogP contribution in [-0.2, 0) is 17.9 Å². The Labute approximate surface area is 173 Å². The summed E-state index contributed by atoms with van der Waals surface area (Å²) in [7, 11) is 1.73. The van der Waals surface area contributed by atoms with E-state index in [1.165, 1.54) is 0 Å². The molecule has 6 nitrogen and oxygen atoms in total. The lowest BCUT2D eigenvalue weighted by Gasteiger charge is -2.15. The number of nitrogens with one attached hydrogen (secondary N) is 3. The molecule has 0 heterocycles. The van der Waals surface area contributed by atoms with E-state index in [9.17, 15) is 4.79 Å². The number of benzene rings is 2. The molecule has 0 saturated carbocycles. The topological polar surface area (TPSA) is 74.8 Å². The Morgan fingerprint density at radius 3 is 2.69 bits per heavy atom. The van der Waals surface area contributed by atoms with E-state index in [1.54, 1.807) is 13.1 Å². The van der Waals surface area contributed by atoms with E-state index < -0.39 is 0 Å². The first-order valence-electron chi connectivity index (χ1n) is 9.81. The molecule has 1 amide bonds. The summed E-state index contributed by atoms with van der Waals surface area (Å²) in [5, 5.41) is 9.51. The SMILES string of the molecule is C=CCOc1ccccc1CNC(=NC)NCc1cccc(NC(=O)CCC)c1. The van der Waals surface area contributed by atoms with Crippen molar-refractivity contribution in [1.29, 1.82) is 0 Å². The molecule has 0 spiro atoms. The van der Waals surface area contributed by atoms with Crippen molar-refractivity contribution in [3.63, 3.8) is 0 Å². The van der Waals surface area contributed by atoms with Crippen molar-refractivity contribution in [3.8, 4) is 5.75 Å². The van der Waals surface area contributed by atoms with Crippen LogP contribution in [0.15, 0.2) is 66.2 Å². The second-order valence-corrected chi connectivity index (χ2v) is 6.49. The van der Waals surface area contributed by atoms with Gasteiger partial charge >= 0.3 is 0 Å². The molecular weight excluding hydrogens is 364 g/mol. The Balaban J connectivity index is 1.90. The van der Waals surface area contributed by atoms with Gasteiger partial charge in [0, 0.05) is 37.8 Å². The highest BCUT2D eigenvalue weighted by molar-refractivity contribution is 5.90. The molecule has 0 radical (unpaired) electrons. The second-order valence-electron chi connectivity index (χ2n) is 6.49. The van der Waals surface area contributed by atoms with Crippen LogP contribution in [0.1, 0.15) is 30.9 Å². The summed E-state index contributed by atoms with van der Waals surface area (Å²) in [6, 6.07) is 15.7. The summed E-state index contributed by atoms with van der Waals surface area (Å²) in [6.07, 6.45) is 3.08. The van der Waals surface area contributed by atoms with Crippen LogP contribution in [0.4, 0.5) is 5.69 Å².